The number of aromatic nitrogens is 8. The zero-order valence-corrected chi connectivity index (χ0v) is 31.0. The van der Waals surface area contributed by atoms with Crippen molar-refractivity contribution in [1.82, 2.24) is 38.9 Å². The summed E-state index contributed by atoms with van der Waals surface area (Å²) in [4.78, 5) is 37.7. The summed E-state index contributed by atoms with van der Waals surface area (Å²) in [6.07, 6.45) is 13.8. The van der Waals surface area contributed by atoms with Gasteiger partial charge in [0, 0.05) is 36.2 Å². The summed E-state index contributed by atoms with van der Waals surface area (Å²) in [5, 5.41) is 10.6. The molecule has 11 nitrogen and oxygen atoms in total. The Balaban J connectivity index is 0.000000183. The highest BCUT2D eigenvalue weighted by Crippen LogP contribution is 2.40. The SMILES string of the molecule is Cc1cc(F)c(C(=O)Cl)cc1-n1cnc(C2CC2)c1.Cc1cc(F)c(C(=O)Nc2cccc(-c3nnc4n3C(C)(C)CC4)n2)cc1-n1cnc(C2CC2)c1. The number of imidazole rings is 2. The van der Waals surface area contributed by atoms with E-state index in [1.54, 1.807) is 37.8 Å². The first-order valence-corrected chi connectivity index (χ1v) is 18.4. The summed E-state index contributed by atoms with van der Waals surface area (Å²) in [7, 11) is 0. The van der Waals surface area contributed by atoms with E-state index >= 15 is 0 Å². The monoisotopic (exact) mass is 749 g/mol. The molecule has 0 atom stereocenters. The van der Waals surface area contributed by atoms with Crippen molar-refractivity contribution in [2.45, 2.75) is 83.6 Å². The molecule has 2 aromatic carbocycles. The fourth-order valence-electron chi connectivity index (χ4n) is 6.95. The lowest BCUT2D eigenvalue weighted by molar-refractivity contribution is 0.102. The molecule has 0 bridgehead atoms. The Morgan fingerprint density at radius 2 is 1.41 bits per heavy atom. The van der Waals surface area contributed by atoms with Gasteiger partial charge in [-0.1, -0.05) is 6.07 Å². The minimum Gasteiger partial charge on any atom is -0.306 e. The molecule has 1 amide bonds. The Labute approximate surface area is 315 Å². The van der Waals surface area contributed by atoms with Crippen LogP contribution in [0.4, 0.5) is 14.6 Å². The summed E-state index contributed by atoms with van der Waals surface area (Å²) in [6, 6.07) is 11.0. The Kier molecular flexibility index (Phi) is 8.99. The normalized spacial score (nSPS) is 15.8. The topological polar surface area (TPSA) is 125 Å². The first kappa shape index (κ1) is 35.5. The Morgan fingerprint density at radius 1 is 0.833 bits per heavy atom. The van der Waals surface area contributed by atoms with E-state index in [1.807, 2.05) is 34.5 Å². The van der Waals surface area contributed by atoms with Gasteiger partial charge in [-0.25, -0.2) is 23.7 Å². The van der Waals surface area contributed by atoms with Gasteiger partial charge in [-0.2, -0.15) is 0 Å². The van der Waals surface area contributed by atoms with E-state index in [0.29, 0.717) is 29.2 Å². The molecule has 2 aliphatic carbocycles. The molecule has 54 heavy (non-hydrogen) atoms. The van der Waals surface area contributed by atoms with E-state index in [-0.39, 0.29) is 16.7 Å². The maximum Gasteiger partial charge on any atom is 0.259 e. The van der Waals surface area contributed by atoms with Gasteiger partial charge in [0.1, 0.15) is 29.0 Å². The molecular weight excluding hydrogens is 712 g/mol. The van der Waals surface area contributed by atoms with Crippen LogP contribution in [0, 0.1) is 25.5 Å². The average Bonchev–Trinajstić information content (AvgIpc) is 3.96. The third-order valence-corrected chi connectivity index (χ3v) is 10.5. The van der Waals surface area contributed by atoms with Gasteiger partial charge in [0.15, 0.2) is 5.82 Å². The number of hydrogen-bond acceptors (Lipinski definition) is 7. The molecule has 3 aliphatic rings. The number of anilines is 1. The van der Waals surface area contributed by atoms with E-state index in [4.69, 9.17) is 11.6 Å². The molecule has 0 unspecified atom stereocenters. The van der Waals surface area contributed by atoms with Crippen LogP contribution in [0.5, 0.6) is 0 Å². The molecule has 6 aromatic rings. The summed E-state index contributed by atoms with van der Waals surface area (Å²) in [5.41, 5.74) is 5.32. The van der Waals surface area contributed by atoms with Crippen molar-refractivity contribution in [1.29, 1.82) is 0 Å². The largest absolute Gasteiger partial charge is 0.306 e. The molecule has 2 fully saturated rings. The van der Waals surface area contributed by atoms with Crippen molar-refractivity contribution in [3.63, 3.8) is 0 Å². The second-order valence-corrected chi connectivity index (χ2v) is 15.3. The van der Waals surface area contributed by atoms with Crippen LogP contribution in [-0.2, 0) is 12.0 Å². The summed E-state index contributed by atoms with van der Waals surface area (Å²) in [6.45, 7) is 7.90. The van der Waals surface area contributed by atoms with Gasteiger partial charge < -0.3 is 19.0 Å². The molecule has 0 saturated heterocycles. The molecule has 0 spiro atoms. The number of nitrogens with zero attached hydrogens (tertiary/aromatic N) is 8. The standard InChI is InChI=1S/C26H26FN7O.C14H12ClFN2O/c1-15-11-18(27)17(12-21(15)33-13-20(28-14-33)16-7-8-16)25(35)30-22-6-4-5-19(29-22)24-32-31-23-9-10-26(2,3)34(23)24;1-8-4-11(16)10(14(15)19)5-13(8)18-6-12(17-7-18)9-2-3-9/h4-6,11-14,16H,7-10H2,1-3H3,(H,29,30,35);4-7,9H,2-3H2,1H3. The van der Waals surface area contributed by atoms with Crippen LogP contribution >= 0.6 is 11.6 Å². The van der Waals surface area contributed by atoms with Crippen molar-refractivity contribution in [3.8, 4) is 22.9 Å². The lowest BCUT2D eigenvalue weighted by Gasteiger charge is -2.22. The lowest BCUT2D eigenvalue weighted by atomic mass is 10.0. The number of benzene rings is 2. The van der Waals surface area contributed by atoms with Crippen molar-refractivity contribution in [2.75, 3.05) is 5.32 Å². The van der Waals surface area contributed by atoms with Crippen molar-refractivity contribution < 1.29 is 18.4 Å². The quantitative estimate of drug-likeness (QED) is 0.155. The third kappa shape index (κ3) is 6.95. The molecule has 9 rings (SSSR count). The summed E-state index contributed by atoms with van der Waals surface area (Å²) in [5.74, 6) is 1.23. The molecule has 14 heteroatoms. The van der Waals surface area contributed by atoms with Crippen molar-refractivity contribution >= 4 is 28.6 Å². The predicted octanol–water partition coefficient (Wildman–Crippen LogP) is 8.36. The molecule has 4 aromatic heterocycles. The van der Waals surface area contributed by atoms with Crippen LogP contribution in [0.1, 0.15) is 107 Å². The Hall–Kier alpha value is -5.56. The number of nitrogens with one attached hydrogen (secondary N) is 1. The second kappa shape index (κ2) is 13.7. The zero-order valence-electron chi connectivity index (χ0n) is 30.3. The van der Waals surface area contributed by atoms with Crippen LogP contribution in [0.2, 0.25) is 0 Å². The van der Waals surface area contributed by atoms with Gasteiger partial charge in [-0.05, 0) is 119 Å². The average molecular weight is 750 g/mol. The highest BCUT2D eigenvalue weighted by Gasteiger charge is 2.34. The van der Waals surface area contributed by atoms with Crippen LogP contribution in [0.15, 0.2) is 67.5 Å². The van der Waals surface area contributed by atoms with E-state index < -0.39 is 22.8 Å². The maximum atomic E-state index is 14.9. The predicted molar refractivity (Wildman–Crippen MR) is 200 cm³/mol. The van der Waals surface area contributed by atoms with Gasteiger partial charge in [0.25, 0.3) is 11.1 Å². The first-order chi connectivity index (χ1) is 25.9. The molecular formula is C40H38ClF2N9O2. The number of amides is 1. The van der Waals surface area contributed by atoms with Crippen molar-refractivity contribution in [3.05, 3.63) is 119 Å². The van der Waals surface area contributed by atoms with Crippen LogP contribution in [0.25, 0.3) is 22.9 Å². The highest BCUT2D eigenvalue weighted by molar-refractivity contribution is 6.67. The summed E-state index contributed by atoms with van der Waals surface area (Å²) >= 11 is 5.38. The minimum atomic E-state index is -0.790. The molecule has 5 heterocycles. The number of hydrogen-bond donors (Lipinski definition) is 1. The molecule has 276 valence electrons. The van der Waals surface area contributed by atoms with Gasteiger partial charge in [-0.3, -0.25) is 9.59 Å². The molecule has 1 N–H and O–H groups in total. The minimum absolute atomic E-state index is 0.0519. The molecule has 1 aliphatic heterocycles. The van der Waals surface area contributed by atoms with Crippen molar-refractivity contribution in [2.24, 2.45) is 0 Å². The number of pyridine rings is 1. The lowest BCUT2D eigenvalue weighted by Crippen LogP contribution is -2.22. The number of carbonyl (C=O) groups excluding carboxylic acids is 2. The Morgan fingerprint density at radius 3 is 1.98 bits per heavy atom. The smallest absolute Gasteiger partial charge is 0.259 e. The van der Waals surface area contributed by atoms with Crippen LogP contribution < -0.4 is 5.32 Å². The van der Waals surface area contributed by atoms with Gasteiger partial charge in [0.2, 0.25) is 0 Å². The summed E-state index contributed by atoms with van der Waals surface area (Å²) < 4.78 is 34.2. The first-order valence-electron chi connectivity index (χ1n) is 18.0. The van der Waals surface area contributed by atoms with Crippen LogP contribution in [-0.4, -0.2) is 50.0 Å². The van der Waals surface area contributed by atoms with Gasteiger partial charge in [0.05, 0.1) is 46.5 Å². The maximum absolute atomic E-state index is 14.9. The fourth-order valence-corrected chi connectivity index (χ4v) is 7.09. The molecule has 2 saturated carbocycles. The number of halogens is 3. The van der Waals surface area contributed by atoms with Gasteiger partial charge in [-0.15, -0.1) is 10.2 Å². The van der Waals surface area contributed by atoms with E-state index in [9.17, 15) is 18.4 Å². The van der Waals surface area contributed by atoms with Crippen LogP contribution in [0.3, 0.4) is 0 Å². The van der Waals surface area contributed by atoms with E-state index in [1.165, 1.54) is 31.0 Å². The Bertz CT molecular complexity index is 2440. The molecule has 0 radical (unpaired) electrons. The fraction of sp³-hybridized carbons (Fsp3) is 0.325. The number of carbonyl (C=O) groups is 2. The third-order valence-electron chi connectivity index (χ3n) is 10.3. The highest BCUT2D eigenvalue weighted by atomic mass is 35.5. The zero-order chi connectivity index (χ0) is 37.9. The number of aryl methyl sites for hydroxylation is 3. The number of rotatable bonds is 8. The number of fused-ring (bicyclic) bond motifs is 1. The van der Waals surface area contributed by atoms with E-state index in [0.717, 1.165) is 65.4 Å². The second-order valence-electron chi connectivity index (χ2n) is 14.9. The van der Waals surface area contributed by atoms with E-state index in [2.05, 4.69) is 48.9 Å². The van der Waals surface area contributed by atoms with Gasteiger partial charge >= 0.3 is 0 Å².